The molecule has 0 saturated carbocycles. The number of carboxylic acids is 1. The molecule has 0 aliphatic heterocycles. The minimum absolute atomic E-state index is 0.114. The summed E-state index contributed by atoms with van der Waals surface area (Å²) in [6, 6.07) is 5.97. The molecule has 0 aliphatic rings. The molecule has 0 radical (unpaired) electrons. The SMILES string of the molecule is CCc1cc(OC)cc(C(C)(C)CC(=O)O)c1. The van der Waals surface area contributed by atoms with Gasteiger partial charge < -0.3 is 9.84 Å². The third-order valence-corrected chi connectivity index (χ3v) is 2.98. The fourth-order valence-corrected chi connectivity index (χ4v) is 1.85. The molecular weight excluding hydrogens is 216 g/mol. The first kappa shape index (κ1) is 13.6. The number of hydrogen-bond acceptors (Lipinski definition) is 2. The van der Waals surface area contributed by atoms with Crippen LogP contribution in [0.1, 0.15) is 38.3 Å². The fourth-order valence-electron chi connectivity index (χ4n) is 1.85. The molecule has 3 heteroatoms. The number of aryl methyl sites for hydroxylation is 1. The van der Waals surface area contributed by atoms with Crippen LogP contribution in [0.4, 0.5) is 0 Å². The summed E-state index contributed by atoms with van der Waals surface area (Å²) in [6.45, 7) is 5.95. The number of rotatable bonds is 5. The number of aliphatic carboxylic acids is 1. The average molecular weight is 236 g/mol. The van der Waals surface area contributed by atoms with E-state index in [4.69, 9.17) is 9.84 Å². The smallest absolute Gasteiger partial charge is 0.304 e. The van der Waals surface area contributed by atoms with Gasteiger partial charge in [0.1, 0.15) is 5.75 Å². The molecule has 0 bridgehead atoms. The maximum atomic E-state index is 10.9. The summed E-state index contributed by atoms with van der Waals surface area (Å²) >= 11 is 0. The van der Waals surface area contributed by atoms with E-state index >= 15 is 0 Å². The summed E-state index contributed by atoms with van der Waals surface area (Å²) in [5, 5.41) is 8.93. The van der Waals surface area contributed by atoms with Crippen molar-refractivity contribution in [2.75, 3.05) is 7.11 Å². The van der Waals surface area contributed by atoms with Gasteiger partial charge in [-0.1, -0.05) is 26.8 Å². The molecule has 1 aromatic rings. The van der Waals surface area contributed by atoms with E-state index in [0.717, 1.165) is 23.3 Å². The molecule has 1 N–H and O–H groups in total. The summed E-state index contributed by atoms with van der Waals surface area (Å²) in [5.41, 5.74) is 1.79. The quantitative estimate of drug-likeness (QED) is 0.854. The van der Waals surface area contributed by atoms with Crippen LogP contribution in [-0.4, -0.2) is 18.2 Å². The number of hydrogen-bond donors (Lipinski definition) is 1. The molecule has 1 aromatic carbocycles. The largest absolute Gasteiger partial charge is 0.497 e. The summed E-state index contributed by atoms with van der Waals surface area (Å²) in [7, 11) is 1.63. The second-order valence-corrected chi connectivity index (χ2v) is 4.88. The molecule has 3 nitrogen and oxygen atoms in total. The summed E-state index contributed by atoms with van der Waals surface area (Å²) in [6.07, 6.45) is 1.02. The van der Waals surface area contributed by atoms with Gasteiger partial charge in [0.25, 0.3) is 0 Å². The van der Waals surface area contributed by atoms with E-state index in [1.54, 1.807) is 7.11 Å². The van der Waals surface area contributed by atoms with E-state index in [0.29, 0.717) is 0 Å². The second-order valence-electron chi connectivity index (χ2n) is 4.88. The van der Waals surface area contributed by atoms with Gasteiger partial charge in [0.2, 0.25) is 0 Å². The fraction of sp³-hybridized carbons (Fsp3) is 0.500. The van der Waals surface area contributed by atoms with E-state index in [2.05, 4.69) is 13.0 Å². The van der Waals surface area contributed by atoms with Crippen molar-refractivity contribution in [1.29, 1.82) is 0 Å². The van der Waals surface area contributed by atoms with Gasteiger partial charge in [0.15, 0.2) is 0 Å². The lowest BCUT2D eigenvalue weighted by atomic mass is 9.80. The van der Waals surface area contributed by atoms with Crippen LogP contribution in [0.5, 0.6) is 5.75 Å². The highest BCUT2D eigenvalue weighted by Gasteiger charge is 2.25. The predicted molar refractivity (Wildman–Crippen MR) is 67.7 cm³/mol. The minimum Gasteiger partial charge on any atom is -0.497 e. The van der Waals surface area contributed by atoms with Crippen LogP contribution in [-0.2, 0) is 16.6 Å². The first-order chi connectivity index (χ1) is 7.89. The summed E-state index contributed by atoms with van der Waals surface area (Å²) in [4.78, 5) is 10.9. The Morgan fingerprint density at radius 1 is 1.35 bits per heavy atom. The van der Waals surface area contributed by atoms with Gasteiger partial charge in [-0.15, -0.1) is 0 Å². The van der Waals surface area contributed by atoms with Crippen LogP contribution < -0.4 is 4.74 Å². The van der Waals surface area contributed by atoms with Crippen molar-refractivity contribution >= 4 is 5.97 Å². The van der Waals surface area contributed by atoms with Crippen LogP contribution >= 0.6 is 0 Å². The Bertz CT molecular complexity index is 386. The zero-order chi connectivity index (χ0) is 13.1. The van der Waals surface area contributed by atoms with Crippen LogP contribution in [0.15, 0.2) is 18.2 Å². The molecule has 0 amide bonds. The van der Waals surface area contributed by atoms with Crippen molar-refractivity contribution < 1.29 is 14.6 Å². The van der Waals surface area contributed by atoms with Crippen molar-refractivity contribution in [3.63, 3.8) is 0 Å². The predicted octanol–water partition coefficient (Wildman–Crippen LogP) is 3.01. The van der Waals surface area contributed by atoms with Gasteiger partial charge in [-0.05, 0) is 29.7 Å². The topological polar surface area (TPSA) is 46.5 Å². The standard InChI is InChI=1S/C14H20O3/c1-5-10-6-11(8-12(7-10)17-4)14(2,3)9-13(15)16/h6-8H,5,9H2,1-4H3,(H,15,16). The Morgan fingerprint density at radius 2 is 2.00 bits per heavy atom. The highest BCUT2D eigenvalue weighted by Crippen LogP contribution is 2.31. The normalized spacial score (nSPS) is 11.3. The highest BCUT2D eigenvalue weighted by atomic mass is 16.5. The first-order valence-corrected chi connectivity index (χ1v) is 5.79. The molecule has 0 aromatic heterocycles. The van der Waals surface area contributed by atoms with Crippen LogP contribution in [0.2, 0.25) is 0 Å². The van der Waals surface area contributed by atoms with Crippen molar-refractivity contribution in [3.05, 3.63) is 29.3 Å². The average Bonchev–Trinajstić information content (AvgIpc) is 2.26. The van der Waals surface area contributed by atoms with Crippen LogP contribution in [0, 0.1) is 0 Å². The Balaban J connectivity index is 3.15. The monoisotopic (exact) mass is 236 g/mol. The third kappa shape index (κ3) is 3.48. The maximum Gasteiger partial charge on any atom is 0.304 e. The Hall–Kier alpha value is -1.51. The Kier molecular flexibility index (Phi) is 4.16. The first-order valence-electron chi connectivity index (χ1n) is 5.79. The molecule has 94 valence electrons. The molecule has 17 heavy (non-hydrogen) atoms. The van der Waals surface area contributed by atoms with Crippen molar-refractivity contribution in [3.8, 4) is 5.75 Å². The molecule has 0 unspecified atom stereocenters. The number of carbonyl (C=O) groups is 1. The lowest BCUT2D eigenvalue weighted by Crippen LogP contribution is -2.21. The molecule has 0 fully saturated rings. The summed E-state index contributed by atoms with van der Waals surface area (Å²) < 4.78 is 5.25. The molecular formula is C14H20O3. The third-order valence-electron chi connectivity index (χ3n) is 2.98. The van der Waals surface area contributed by atoms with E-state index in [-0.39, 0.29) is 11.8 Å². The molecule has 1 rings (SSSR count). The summed E-state index contributed by atoms with van der Waals surface area (Å²) in [5.74, 6) is 0.00804. The zero-order valence-corrected chi connectivity index (χ0v) is 10.9. The van der Waals surface area contributed by atoms with Gasteiger partial charge in [0, 0.05) is 5.41 Å². The lowest BCUT2D eigenvalue weighted by molar-refractivity contribution is -0.138. The Morgan fingerprint density at radius 3 is 2.47 bits per heavy atom. The minimum atomic E-state index is -0.782. The van der Waals surface area contributed by atoms with Gasteiger partial charge >= 0.3 is 5.97 Å². The molecule has 0 saturated heterocycles. The maximum absolute atomic E-state index is 10.9. The van der Waals surface area contributed by atoms with E-state index in [9.17, 15) is 4.79 Å². The molecule has 0 atom stereocenters. The number of benzene rings is 1. The number of ether oxygens (including phenoxy) is 1. The van der Waals surface area contributed by atoms with Crippen LogP contribution in [0.3, 0.4) is 0 Å². The van der Waals surface area contributed by atoms with E-state index in [1.807, 2.05) is 26.0 Å². The number of methoxy groups -OCH3 is 1. The van der Waals surface area contributed by atoms with Crippen molar-refractivity contribution in [2.24, 2.45) is 0 Å². The van der Waals surface area contributed by atoms with Crippen molar-refractivity contribution in [2.45, 2.75) is 39.0 Å². The van der Waals surface area contributed by atoms with Crippen LogP contribution in [0.25, 0.3) is 0 Å². The lowest BCUT2D eigenvalue weighted by Gasteiger charge is -2.24. The molecule has 0 aliphatic carbocycles. The second kappa shape index (κ2) is 5.21. The van der Waals surface area contributed by atoms with Gasteiger partial charge in [-0.25, -0.2) is 0 Å². The van der Waals surface area contributed by atoms with E-state index < -0.39 is 5.97 Å². The van der Waals surface area contributed by atoms with E-state index in [1.165, 1.54) is 0 Å². The van der Waals surface area contributed by atoms with Gasteiger partial charge in [0.05, 0.1) is 13.5 Å². The number of carboxylic acid groups (broad SMARTS) is 1. The van der Waals surface area contributed by atoms with Gasteiger partial charge in [-0.2, -0.15) is 0 Å². The van der Waals surface area contributed by atoms with Gasteiger partial charge in [-0.3, -0.25) is 4.79 Å². The zero-order valence-electron chi connectivity index (χ0n) is 10.9. The Labute approximate surface area is 102 Å². The highest BCUT2D eigenvalue weighted by molar-refractivity contribution is 5.69. The van der Waals surface area contributed by atoms with Crippen molar-refractivity contribution in [1.82, 2.24) is 0 Å². The molecule has 0 heterocycles. The molecule has 0 spiro atoms.